The molecule has 2 nitrogen and oxygen atoms in total. The summed E-state index contributed by atoms with van der Waals surface area (Å²) in [6, 6.07) is 0.339. The highest BCUT2D eigenvalue weighted by atomic mass is 35.5. The zero-order chi connectivity index (χ0) is 13.5. The molecule has 0 aliphatic heterocycles. The van der Waals surface area contributed by atoms with Crippen molar-refractivity contribution in [3.63, 3.8) is 0 Å². The first-order chi connectivity index (χ1) is 8.61. The summed E-state index contributed by atoms with van der Waals surface area (Å²) in [6.45, 7) is 8.34. The third-order valence-corrected chi connectivity index (χ3v) is 4.97. The average Bonchev–Trinajstić information content (AvgIpc) is 2.69. The lowest BCUT2D eigenvalue weighted by atomic mass is 9.96. The van der Waals surface area contributed by atoms with Gasteiger partial charge in [-0.25, -0.2) is 0 Å². The van der Waals surface area contributed by atoms with Gasteiger partial charge in [0.15, 0.2) is 0 Å². The molecule has 0 fully saturated rings. The summed E-state index contributed by atoms with van der Waals surface area (Å²) in [6.07, 6.45) is 2.18. The Hall–Kier alpha value is -0.0900. The lowest BCUT2D eigenvalue weighted by Crippen LogP contribution is -2.28. The van der Waals surface area contributed by atoms with Crippen molar-refractivity contribution in [1.29, 1.82) is 0 Å². The molecule has 1 heterocycles. The molecule has 0 aliphatic rings. The number of hydrogen-bond acceptors (Lipinski definition) is 3. The molecular weight excluding hydrogens is 266 g/mol. The molecule has 0 saturated heterocycles. The molecule has 1 N–H and O–H groups in total. The van der Waals surface area contributed by atoms with Crippen LogP contribution >= 0.6 is 22.9 Å². The van der Waals surface area contributed by atoms with Gasteiger partial charge < -0.3 is 10.1 Å². The standard InChI is InChI=1S/C14H24ClNOS/c1-5-7-16-13(10(2)6-8-17-4)14-12(15)11(3)9-18-14/h9-10,13,16H,5-8H2,1-4H3. The molecule has 1 aromatic heterocycles. The molecule has 2 atom stereocenters. The van der Waals surface area contributed by atoms with E-state index in [1.165, 1.54) is 10.4 Å². The minimum absolute atomic E-state index is 0.339. The Morgan fingerprint density at radius 3 is 2.72 bits per heavy atom. The third-order valence-electron chi connectivity index (χ3n) is 3.17. The lowest BCUT2D eigenvalue weighted by Gasteiger charge is -2.24. The van der Waals surface area contributed by atoms with E-state index >= 15 is 0 Å². The Morgan fingerprint density at radius 1 is 1.50 bits per heavy atom. The number of halogens is 1. The normalized spacial score (nSPS) is 14.7. The van der Waals surface area contributed by atoms with Gasteiger partial charge in [-0.1, -0.05) is 25.4 Å². The van der Waals surface area contributed by atoms with Gasteiger partial charge in [-0.15, -0.1) is 11.3 Å². The molecular formula is C14H24ClNOS. The summed E-state index contributed by atoms with van der Waals surface area (Å²) in [7, 11) is 1.75. The quantitative estimate of drug-likeness (QED) is 0.765. The predicted molar refractivity (Wildman–Crippen MR) is 80.8 cm³/mol. The molecule has 0 aromatic carbocycles. The fourth-order valence-electron chi connectivity index (χ4n) is 1.98. The topological polar surface area (TPSA) is 21.3 Å². The van der Waals surface area contributed by atoms with Crippen molar-refractivity contribution in [1.82, 2.24) is 5.32 Å². The Bertz CT molecular complexity index is 354. The number of hydrogen-bond donors (Lipinski definition) is 1. The fraction of sp³-hybridized carbons (Fsp3) is 0.714. The highest BCUT2D eigenvalue weighted by Gasteiger charge is 2.23. The largest absolute Gasteiger partial charge is 0.385 e. The van der Waals surface area contributed by atoms with Crippen molar-refractivity contribution >= 4 is 22.9 Å². The smallest absolute Gasteiger partial charge is 0.0590 e. The van der Waals surface area contributed by atoms with Crippen LogP contribution in [0.25, 0.3) is 0 Å². The van der Waals surface area contributed by atoms with Crippen LogP contribution in [0.3, 0.4) is 0 Å². The third kappa shape index (κ3) is 4.23. The van der Waals surface area contributed by atoms with Crippen LogP contribution in [0, 0.1) is 12.8 Å². The molecule has 0 bridgehead atoms. The van der Waals surface area contributed by atoms with E-state index in [-0.39, 0.29) is 0 Å². The van der Waals surface area contributed by atoms with Crippen LogP contribution < -0.4 is 5.32 Å². The molecule has 0 amide bonds. The molecule has 18 heavy (non-hydrogen) atoms. The molecule has 104 valence electrons. The van der Waals surface area contributed by atoms with Crippen LogP contribution in [0.2, 0.25) is 5.02 Å². The summed E-state index contributed by atoms with van der Waals surface area (Å²) in [5, 5.41) is 6.69. The maximum Gasteiger partial charge on any atom is 0.0590 e. The molecule has 4 heteroatoms. The van der Waals surface area contributed by atoms with Crippen molar-refractivity contribution in [2.24, 2.45) is 5.92 Å². The SMILES string of the molecule is CCCNC(c1scc(C)c1Cl)C(C)CCOC. The fourth-order valence-corrected chi connectivity index (χ4v) is 3.50. The second kappa shape index (κ2) is 8.16. The number of nitrogens with one attached hydrogen (secondary N) is 1. The van der Waals surface area contributed by atoms with Crippen molar-refractivity contribution < 1.29 is 4.74 Å². The van der Waals surface area contributed by atoms with Crippen molar-refractivity contribution in [3.8, 4) is 0 Å². The van der Waals surface area contributed by atoms with Crippen LogP contribution in [0.5, 0.6) is 0 Å². The van der Waals surface area contributed by atoms with Crippen molar-refractivity contribution in [2.45, 2.75) is 39.7 Å². The Balaban J connectivity index is 2.80. The minimum Gasteiger partial charge on any atom is -0.385 e. The number of aryl methyl sites for hydroxylation is 1. The van der Waals surface area contributed by atoms with E-state index in [4.69, 9.17) is 16.3 Å². The van der Waals surface area contributed by atoms with E-state index in [1.54, 1.807) is 18.4 Å². The van der Waals surface area contributed by atoms with Crippen LogP contribution in [0.15, 0.2) is 5.38 Å². The first-order valence-electron chi connectivity index (χ1n) is 6.57. The van der Waals surface area contributed by atoms with Gasteiger partial charge in [0.05, 0.1) is 5.02 Å². The van der Waals surface area contributed by atoms with Crippen molar-refractivity contribution in [3.05, 3.63) is 20.8 Å². The summed E-state index contributed by atoms with van der Waals surface area (Å²) in [4.78, 5) is 1.27. The number of rotatable bonds is 8. The Labute approximate surface area is 120 Å². The monoisotopic (exact) mass is 289 g/mol. The van der Waals surface area contributed by atoms with Gasteiger partial charge in [-0.2, -0.15) is 0 Å². The second-order valence-corrected chi connectivity index (χ2v) is 6.08. The summed E-state index contributed by atoms with van der Waals surface area (Å²) >= 11 is 8.16. The summed E-state index contributed by atoms with van der Waals surface area (Å²) < 4.78 is 5.18. The highest BCUT2D eigenvalue weighted by Crippen LogP contribution is 2.36. The van der Waals surface area contributed by atoms with Gasteiger partial charge in [0.1, 0.15) is 0 Å². The maximum atomic E-state index is 6.40. The first kappa shape index (κ1) is 16.0. The predicted octanol–water partition coefficient (Wildman–Crippen LogP) is 4.42. The Morgan fingerprint density at radius 2 is 2.22 bits per heavy atom. The van der Waals surface area contributed by atoms with Crippen molar-refractivity contribution in [2.75, 3.05) is 20.3 Å². The summed E-state index contributed by atoms with van der Waals surface area (Å²) in [5.41, 5.74) is 1.18. The zero-order valence-electron chi connectivity index (χ0n) is 11.8. The molecule has 0 aliphatic carbocycles. The average molecular weight is 290 g/mol. The number of thiophene rings is 1. The van der Waals surface area contributed by atoms with Crippen LogP contribution in [-0.2, 0) is 4.74 Å². The van der Waals surface area contributed by atoms with Gasteiger partial charge in [-0.3, -0.25) is 0 Å². The molecule has 2 unspecified atom stereocenters. The van der Waals surface area contributed by atoms with Crippen LogP contribution in [-0.4, -0.2) is 20.3 Å². The van der Waals surface area contributed by atoms with Gasteiger partial charge in [0.25, 0.3) is 0 Å². The van der Waals surface area contributed by atoms with Crippen LogP contribution in [0.1, 0.15) is 43.2 Å². The van der Waals surface area contributed by atoms with E-state index in [9.17, 15) is 0 Å². The Kier molecular flexibility index (Phi) is 7.23. The maximum absolute atomic E-state index is 6.40. The van der Waals surface area contributed by atoms with E-state index in [0.29, 0.717) is 12.0 Å². The van der Waals surface area contributed by atoms with E-state index in [2.05, 4.69) is 31.5 Å². The van der Waals surface area contributed by atoms with Crippen LogP contribution in [0.4, 0.5) is 0 Å². The van der Waals surface area contributed by atoms with E-state index < -0.39 is 0 Å². The second-order valence-electron chi connectivity index (χ2n) is 4.79. The summed E-state index contributed by atoms with van der Waals surface area (Å²) in [5.74, 6) is 0.520. The van der Waals surface area contributed by atoms with Gasteiger partial charge in [0, 0.05) is 24.6 Å². The van der Waals surface area contributed by atoms with Gasteiger partial charge in [0.2, 0.25) is 0 Å². The van der Waals surface area contributed by atoms with Gasteiger partial charge >= 0.3 is 0 Å². The van der Waals surface area contributed by atoms with E-state index in [0.717, 1.165) is 31.0 Å². The van der Waals surface area contributed by atoms with Gasteiger partial charge in [-0.05, 0) is 43.2 Å². The van der Waals surface area contributed by atoms with E-state index in [1.807, 2.05) is 0 Å². The minimum atomic E-state index is 0.339. The molecule has 0 radical (unpaired) electrons. The first-order valence-corrected chi connectivity index (χ1v) is 7.83. The zero-order valence-corrected chi connectivity index (χ0v) is 13.3. The molecule has 1 aromatic rings. The number of ether oxygens (including phenoxy) is 1. The molecule has 0 spiro atoms. The molecule has 1 rings (SSSR count). The highest BCUT2D eigenvalue weighted by molar-refractivity contribution is 7.10. The molecule has 0 saturated carbocycles. The number of methoxy groups -OCH3 is 1. The lowest BCUT2D eigenvalue weighted by molar-refractivity contribution is 0.170.